The molecular weight excluding hydrogens is 204 g/mol. The van der Waals surface area contributed by atoms with Crippen LogP contribution < -0.4 is 15.8 Å². The number of rotatable bonds is 4. The predicted molar refractivity (Wildman–Crippen MR) is 63.4 cm³/mol. The van der Waals surface area contributed by atoms with E-state index in [9.17, 15) is 0 Å². The third-order valence-corrected chi connectivity index (χ3v) is 2.98. The van der Waals surface area contributed by atoms with Crippen LogP contribution in [0.2, 0.25) is 0 Å². The van der Waals surface area contributed by atoms with Crippen molar-refractivity contribution in [3.63, 3.8) is 0 Å². The lowest BCUT2D eigenvalue weighted by Crippen LogP contribution is -2.13. The van der Waals surface area contributed by atoms with Crippen molar-refractivity contribution in [3.05, 3.63) is 6.07 Å². The smallest absolute Gasteiger partial charge is 0.225 e. The molecule has 1 saturated carbocycles. The number of nitrogens with zero attached hydrogens (tertiary/aromatic N) is 2. The Morgan fingerprint density at radius 1 is 1.44 bits per heavy atom. The number of nitrogens with one attached hydrogen (secondary N) is 1. The monoisotopic (exact) mass is 222 g/mol. The molecule has 0 atom stereocenters. The lowest BCUT2D eigenvalue weighted by Gasteiger charge is -2.11. The first-order valence-corrected chi connectivity index (χ1v) is 5.70. The van der Waals surface area contributed by atoms with E-state index in [0.717, 1.165) is 18.3 Å². The minimum atomic E-state index is 0.244. The van der Waals surface area contributed by atoms with E-state index in [0.29, 0.717) is 5.88 Å². The van der Waals surface area contributed by atoms with E-state index in [1.165, 1.54) is 25.7 Å². The van der Waals surface area contributed by atoms with Gasteiger partial charge >= 0.3 is 0 Å². The summed E-state index contributed by atoms with van der Waals surface area (Å²) in [5.74, 6) is 2.26. The van der Waals surface area contributed by atoms with Crippen molar-refractivity contribution in [1.82, 2.24) is 9.97 Å². The fourth-order valence-electron chi connectivity index (χ4n) is 2.10. The molecule has 0 saturated heterocycles. The van der Waals surface area contributed by atoms with Crippen LogP contribution in [0.25, 0.3) is 0 Å². The van der Waals surface area contributed by atoms with Crippen LogP contribution in [0.1, 0.15) is 25.7 Å². The summed E-state index contributed by atoms with van der Waals surface area (Å²) in [6.07, 6.45) is 5.32. The first kappa shape index (κ1) is 11.0. The summed E-state index contributed by atoms with van der Waals surface area (Å²) in [6, 6.07) is 1.77. The number of ether oxygens (including phenoxy) is 1. The lowest BCUT2D eigenvalue weighted by atomic mass is 10.1. The van der Waals surface area contributed by atoms with Crippen LogP contribution in [0.5, 0.6) is 5.88 Å². The maximum atomic E-state index is 5.58. The Morgan fingerprint density at radius 2 is 2.19 bits per heavy atom. The average Bonchev–Trinajstić information content (AvgIpc) is 2.78. The van der Waals surface area contributed by atoms with Crippen molar-refractivity contribution in [1.29, 1.82) is 0 Å². The molecule has 1 heterocycles. The minimum absolute atomic E-state index is 0.244. The van der Waals surface area contributed by atoms with E-state index < -0.39 is 0 Å². The first-order chi connectivity index (χ1) is 7.78. The summed E-state index contributed by atoms with van der Waals surface area (Å²) >= 11 is 0. The highest BCUT2D eigenvalue weighted by Gasteiger charge is 2.14. The Bertz CT molecular complexity index is 350. The maximum absolute atomic E-state index is 5.58. The van der Waals surface area contributed by atoms with Gasteiger partial charge in [-0.25, -0.2) is 0 Å². The molecule has 0 amide bonds. The van der Waals surface area contributed by atoms with Crippen molar-refractivity contribution in [2.24, 2.45) is 5.92 Å². The number of anilines is 2. The molecule has 0 aliphatic heterocycles. The van der Waals surface area contributed by atoms with Crippen LogP contribution in [0.4, 0.5) is 11.8 Å². The number of methoxy groups -OCH3 is 1. The number of hydrogen-bond acceptors (Lipinski definition) is 5. The maximum Gasteiger partial charge on any atom is 0.225 e. The molecule has 1 aromatic heterocycles. The van der Waals surface area contributed by atoms with Crippen LogP contribution in [0, 0.1) is 5.92 Å². The van der Waals surface area contributed by atoms with Crippen molar-refractivity contribution in [2.75, 3.05) is 24.7 Å². The molecule has 5 nitrogen and oxygen atoms in total. The Hall–Kier alpha value is -1.52. The number of nitrogen functional groups attached to an aromatic ring is 1. The standard InChI is InChI=1S/C11H18N4O/c1-16-10-6-9(14-11(12)15-10)13-7-8-4-2-3-5-8/h6,8H,2-5,7H2,1H3,(H3,12,13,14,15). The highest BCUT2D eigenvalue weighted by atomic mass is 16.5. The molecule has 1 aliphatic carbocycles. The fourth-order valence-corrected chi connectivity index (χ4v) is 2.10. The van der Waals surface area contributed by atoms with Gasteiger partial charge in [-0.2, -0.15) is 9.97 Å². The Kier molecular flexibility index (Phi) is 3.44. The van der Waals surface area contributed by atoms with Gasteiger partial charge in [0.05, 0.1) is 7.11 Å². The average molecular weight is 222 g/mol. The van der Waals surface area contributed by atoms with E-state index in [-0.39, 0.29) is 5.95 Å². The van der Waals surface area contributed by atoms with Crippen LogP contribution in [0.15, 0.2) is 6.07 Å². The van der Waals surface area contributed by atoms with Gasteiger partial charge in [-0.1, -0.05) is 12.8 Å². The zero-order chi connectivity index (χ0) is 11.4. The molecule has 0 aromatic carbocycles. The molecule has 1 aromatic rings. The first-order valence-electron chi connectivity index (χ1n) is 5.70. The van der Waals surface area contributed by atoms with Crippen LogP contribution in [-0.2, 0) is 0 Å². The number of nitrogens with two attached hydrogens (primary N) is 1. The lowest BCUT2D eigenvalue weighted by molar-refractivity contribution is 0.398. The van der Waals surface area contributed by atoms with Gasteiger partial charge in [0, 0.05) is 12.6 Å². The van der Waals surface area contributed by atoms with Crippen molar-refractivity contribution in [3.8, 4) is 5.88 Å². The summed E-state index contributed by atoms with van der Waals surface area (Å²) in [7, 11) is 1.57. The van der Waals surface area contributed by atoms with E-state index in [1.54, 1.807) is 13.2 Å². The van der Waals surface area contributed by atoms with Crippen LogP contribution >= 0.6 is 0 Å². The van der Waals surface area contributed by atoms with Crippen molar-refractivity contribution < 1.29 is 4.74 Å². The van der Waals surface area contributed by atoms with Gasteiger partial charge in [0.1, 0.15) is 5.82 Å². The van der Waals surface area contributed by atoms with Gasteiger partial charge in [0.15, 0.2) is 0 Å². The molecule has 88 valence electrons. The second-order valence-electron chi connectivity index (χ2n) is 4.19. The minimum Gasteiger partial charge on any atom is -0.481 e. The second kappa shape index (κ2) is 5.01. The summed E-state index contributed by atoms with van der Waals surface area (Å²) < 4.78 is 5.04. The highest BCUT2D eigenvalue weighted by Crippen LogP contribution is 2.25. The molecule has 2 rings (SSSR count). The van der Waals surface area contributed by atoms with Gasteiger partial charge in [-0.3, -0.25) is 0 Å². The third-order valence-electron chi connectivity index (χ3n) is 2.98. The van der Waals surface area contributed by atoms with Crippen LogP contribution in [0.3, 0.4) is 0 Å². The molecule has 5 heteroatoms. The van der Waals surface area contributed by atoms with Crippen molar-refractivity contribution >= 4 is 11.8 Å². The van der Waals surface area contributed by atoms with E-state index in [1.807, 2.05) is 0 Å². The molecule has 1 aliphatic rings. The SMILES string of the molecule is COc1cc(NCC2CCCC2)nc(N)n1. The number of hydrogen-bond donors (Lipinski definition) is 2. The third kappa shape index (κ3) is 2.74. The fraction of sp³-hybridized carbons (Fsp3) is 0.636. The van der Waals surface area contributed by atoms with Gasteiger partial charge in [0.2, 0.25) is 11.8 Å². The van der Waals surface area contributed by atoms with E-state index >= 15 is 0 Å². The Morgan fingerprint density at radius 3 is 2.88 bits per heavy atom. The predicted octanol–water partition coefficient (Wildman–Crippen LogP) is 1.67. The van der Waals surface area contributed by atoms with Crippen LogP contribution in [-0.4, -0.2) is 23.6 Å². The molecule has 0 spiro atoms. The molecule has 1 fully saturated rings. The molecular formula is C11H18N4O. The highest BCUT2D eigenvalue weighted by molar-refractivity contribution is 5.42. The molecule has 0 unspecified atom stereocenters. The van der Waals surface area contributed by atoms with Gasteiger partial charge in [-0.05, 0) is 18.8 Å². The Balaban J connectivity index is 1.94. The molecule has 16 heavy (non-hydrogen) atoms. The normalized spacial score (nSPS) is 16.3. The topological polar surface area (TPSA) is 73.1 Å². The quantitative estimate of drug-likeness (QED) is 0.810. The second-order valence-corrected chi connectivity index (χ2v) is 4.19. The zero-order valence-corrected chi connectivity index (χ0v) is 9.57. The molecule has 0 bridgehead atoms. The van der Waals surface area contributed by atoms with Crippen molar-refractivity contribution in [2.45, 2.75) is 25.7 Å². The van der Waals surface area contributed by atoms with E-state index in [4.69, 9.17) is 10.5 Å². The molecule has 0 radical (unpaired) electrons. The summed E-state index contributed by atoms with van der Waals surface area (Å²) in [6.45, 7) is 0.958. The molecule has 3 N–H and O–H groups in total. The zero-order valence-electron chi connectivity index (χ0n) is 9.57. The summed E-state index contributed by atoms with van der Waals surface area (Å²) in [4.78, 5) is 8.05. The Labute approximate surface area is 95.4 Å². The van der Waals surface area contributed by atoms with Gasteiger partial charge < -0.3 is 15.8 Å². The summed E-state index contributed by atoms with van der Waals surface area (Å²) in [5.41, 5.74) is 5.58. The van der Waals surface area contributed by atoms with E-state index in [2.05, 4.69) is 15.3 Å². The summed E-state index contributed by atoms with van der Waals surface area (Å²) in [5, 5.41) is 3.29. The largest absolute Gasteiger partial charge is 0.481 e. The van der Waals surface area contributed by atoms with Gasteiger partial charge in [-0.15, -0.1) is 0 Å². The van der Waals surface area contributed by atoms with Gasteiger partial charge in [0.25, 0.3) is 0 Å². The number of aromatic nitrogens is 2.